The summed E-state index contributed by atoms with van der Waals surface area (Å²) in [5.74, 6) is 0.151. The molecule has 1 atom stereocenters. The summed E-state index contributed by atoms with van der Waals surface area (Å²) in [7, 11) is 0. The molecule has 0 saturated carbocycles. The van der Waals surface area contributed by atoms with Gasteiger partial charge in [-0.2, -0.15) is 0 Å². The molecular weight excluding hydrogens is 224 g/mol. The highest BCUT2D eigenvalue weighted by Gasteiger charge is 2.11. The average molecular weight is 240 g/mol. The second-order valence-corrected chi connectivity index (χ2v) is 4.29. The lowest BCUT2D eigenvalue weighted by atomic mass is 9.99. The maximum absolute atomic E-state index is 11.9. The van der Waals surface area contributed by atoms with E-state index >= 15 is 0 Å². The molecule has 0 spiro atoms. The molecule has 2 N–H and O–H groups in total. The van der Waals surface area contributed by atoms with Crippen LogP contribution in [0.1, 0.15) is 23.6 Å². The highest BCUT2D eigenvalue weighted by atomic mass is 16.1. The largest absolute Gasteiger partial charge is 0.324 e. The first-order valence-electron chi connectivity index (χ1n) is 5.97. The number of carbonyl (C=O) groups is 1. The number of hydrogen-bond acceptors (Lipinski definition) is 3. The minimum Gasteiger partial charge on any atom is -0.324 e. The molecule has 1 aromatic heterocycles. The number of nitrogens with zero attached hydrogens (tertiary/aromatic N) is 1. The van der Waals surface area contributed by atoms with Gasteiger partial charge in [-0.15, -0.1) is 0 Å². The second-order valence-electron chi connectivity index (χ2n) is 4.29. The standard InChI is InChI=1S/C15H16N2O/c16-15(13-4-2-1-3-5-13)11-14(18)10-12-6-8-17-9-7-12/h1-9,15H,10-11,16H2. The van der Waals surface area contributed by atoms with Gasteiger partial charge in [-0.25, -0.2) is 0 Å². The number of pyridine rings is 1. The van der Waals surface area contributed by atoms with Gasteiger partial charge in [-0.05, 0) is 23.3 Å². The van der Waals surface area contributed by atoms with E-state index in [1.54, 1.807) is 12.4 Å². The van der Waals surface area contributed by atoms with Crippen molar-refractivity contribution in [1.29, 1.82) is 0 Å². The van der Waals surface area contributed by atoms with Crippen LogP contribution < -0.4 is 5.73 Å². The SMILES string of the molecule is NC(CC(=O)Cc1ccncc1)c1ccccc1. The van der Waals surface area contributed by atoms with E-state index in [-0.39, 0.29) is 11.8 Å². The lowest BCUT2D eigenvalue weighted by molar-refractivity contribution is -0.118. The quantitative estimate of drug-likeness (QED) is 0.872. The van der Waals surface area contributed by atoms with Crippen LogP contribution in [0.2, 0.25) is 0 Å². The summed E-state index contributed by atoms with van der Waals surface area (Å²) in [4.78, 5) is 15.8. The van der Waals surface area contributed by atoms with Gasteiger partial charge in [0.25, 0.3) is 0 Å². The molecule has 0 aliphatic carbocycles. The zero-order chi connectivity index (χ0) is 12.8. The smallest absolute Gasteiger partial charge is 0.139 e. The van der Waals surface area contributed by atoms with Gasteiger partial charge in [0.15, 0.2) is 0 Å². The van der Waals surface area contributed by atoms with E-state index in [2.05, 4.69) is 4.98 Å². The van der Waals surface area contributed by atoms with Crippen LogP contribution in [0.5, 0.6) is 0 Å². The van der Waals surface area contributed by atoms with Crippen molar-refractivity contribution >= 4 is 5.78 Å². The van der Waals surface area contributed by atoms with Crippen LogP contribution in [-0.2, 0) is 11.2 Å². The number of ketones is 1. The molecule has 0 saturated heterocycles. The Hall–Kier alpha value is -2.00. The van der Waals surface area contributed by atoms with Crippen molar-refractivity contribution < 1.29 is 4.79 Å². The minimum absolute atomic E-state index is 0.151. The van der Waals surface area contributed by atoms with E-state index in [4.69, 9.17) is 5.73 Å². The third-order valence-corrected chi connectivity index (χ3v) is 2.83. The maximum Gasteiger partial charge on any atom is 0.139 e. The Morgan fingerprint density at radius 3 is 2.44 bits per heavy atom. The number of carbonyl (C=O) groups excluding carboxylic acids is 1. The van der Waals surface area contributed by atoms with Gasteiger partial charge in [0.1, 0.15) is 5.78 Å². The Morgan fingerprint density at radius 1 is 1.11 bits per heavy atom. The van der Waals surface area contributed by atoms with Gasteiger partial charge in [-0.3, -0.25) is 9.78 Å². The first-order valence-corrected chi connectivity index (χ1v) is 5.97. The Morgan fingerprint density at radius 2 is 1.78 bits per heavy atom. The van der Waals surface area contributed by atoms with Gasteiger partial charge in [0, 0.05) is 31.3 Å². The highest BCUT2D eigenvalue weighted by Crippen LogP contribution is 2.14. The third kappa shape index (κ3) is 3.50. The van der Waals surface area contributed by atoms with Crippen LogP contribution in [0.25, 0.3) is 0 Å². The zero-order valence-electron chi connectivity index (χ0n) is 10.1. The van der Waals surface area contributed by atoms with Crippen molar-refractivity contribution in [2.24, 2.45) is 5.73 Å². The molecule has 1 heterocycles. The molecule has 0 amide bonds. The number of hydrogen-bond donors (Lipinski definition) is 1. The minimum atomic E-state index is -0.222. The maximum atomic E-state index is 11.9. The van der Waals surface area contributed by atoms with Gasteiger partial charge in [0.05, 0.1) is 0 Å². The van der Waals surface area contributed by atoms with Crippen molar-refractivity contribution in [1.82, 2.24) is 4.98 Å². The van der Waals surface area contributed by atoms with Gasteiger partial charge < -0.3 is 5.73 Å². The van der Waals surface area contributed by atoms with E-state index in [0.717, 1.165) is 11.1 Å². The van der Waals surface area contributed by atoms with Crippen molar-refractivity contribution in [2.45, 2.75) is 18.9 Å². The average Bonchev–Trinajstić information content (AvgIpc) is 2.40. The van der Waals surface area contributed by atoms with E-state index < -0.39 is 0 Å². The number of nitrogens with two attached hydrogens (primary N) is 1. The molecule has 0 aliphatic heterocycles. The molecule has 2 aromatic rings. The van der Waals surface area contributed by atoms with E-state index in [9.17, 15) is 4.79 Å². The van der Waals surface area contributed by atoms with Crippen molar-refractivity contribution in [3.63, 3.8) is 0 Å². The molecule has 1 aromatic carbocycles. The third-order valence-electron chi connectivity index (χ3n) is 2.83. The summed E-state index contributed by atoms with van der Waals surface area (Å²) in [6.07, 6.45) is 4.18. The predicted octanol–water partition coefficient (Wildman–Crippen LogP) is 2.28. The molecular formula is C15H16N2O. The molecule has 0 bridgehead atoms. The summed E-state index contributed by atoms with van der Waals surface area (Å²) in [6, 6.07) is 13.2. The molecule has 0 aliphatic rings. The fourth-order valence-electron chi connectivity index (χ4n) is 1.86. The number of benzene rings is 1. The summed E-state index contributed by atoms with van der Waals surface area (Å²) in [6.45, 7) is 0. The molecule has 1 unspecified atom stereocenters. The summed E-state index contributed by atoms with van der Waals surface area (Å²) >= 11 is 0. The molecule has 2 rings (SSSR count). The number of Topliss-reactive ketones (excluding diaryl/α,β-unsaturated/α-hetero) is 1. The lowest BCUT2D eigenvalue weighted by Crippen LogP contribution is -2.16. The normalized spacial score (nSPS) is 12.1. The molecule has 92 valence electrons. The summed E-state index contributed by atoms with van der Waals surface area (Å²) in [5, 5.41) is 0. The highest BCUT2D eigenvalue weighted by molar-refractivity contribution is 5.81. The fourth-order valence-corrected chi connectivity index (χ4v) is 1.86. The molecule has 18 heavy (non-hydrogen) atoms. The van der Waals surface area contributed by atoms with Crippen molar-refractivity contribution in [3.8, 4) is 0 Å². The van der Waals surface area contributed by atoms with Crippen LogP contribution in [-0.4, -0.2) is 10.8 Å². The van der Waals surface area contributed by atoms with Gasteiger partial charge in [0.2, 0.25) is 0 Å². The summed E-state index contributed by atoms with van der Waals surface area (Å²) in [5.41, 5.74) is 8.00. The summed E-state index contributed by atoms with van der Waals surface area (Å²) < 4.78 is 0. The number of rotatable bonds is 5. The lowest BCUT2D eigenvalue weighted by Gasteiger charge is -2.10. The van der Waals surface area contributed by atoms with Crippen LogP contribution in [0.15, 0.2) is 54.9 Å². The Labute approximate surface area is 107 Å². The van der Waals surface area contributed by atoms with Gasteiger partial charge in [-0.1, -0.05) is 30.3 Å². The van der Waals surface area contributed by atoms with Gasteiger partial charge >= 0.3 is 0 Å². The first-order chi connectivity index (χ1) is 8.75. The van der Waals surface area contributed by atoms with Crippen molar-refractivity contribution in [3.05, 3.63) is 66.0 Å². The monoisotopic (exact) mass is 240 g/mol. The topological polar surface area (TPSA) is 56.0 Å². The van der Waals surface area contributed by atoms with E-state index in [0.29, 0.717) is 12.8 Å². The fraction of sp³-hybridized carbons (Fsp3) is 0.200. The van der Waals surface area contributed by atoms with Crippen molar-refractivity contribution in [2.75, 3.05) is 0 Å². The number of aromatic nitrogens is 1. The Kier molecular flexibility index (Phi) is 4.20. The molecule has 3 heteroatoms. The zero-order valence-corrected chi connectivity index (χ0v) is 10.1. The van der Waals surface area contributed by atoms with Crippen LogP contribution in [0.4, 0.5) is 0 Å². The Balaban J connectivity index is 1.92. The predicted molar refractivity (Wildman–Crippen MR) is 70.9 cm³/mol. The van der Waals surface area contributed by atoms with Crippen LogP contribution >= 0.6 is 0 Å². The molecule has 3 nitrogen and oxygen atoms in total. The van der Waals surface area contributed by atoms with E-state index in [1.165, 1.54) is 0 Å². The molecule has 0 radical (unpaired) electrons. The second kappa shape index (κ2) is 6.07. The molecule has 0 fully saturated rings. The van der Waals surface area contributed by atoms with Crippen LogP contribution in [0, 0.1) is 0 Å². The Bertz CT molecular complexity index is 496. The first kappa shape index (κ1) is 12.5. The van der Waals surface area contributed by atoms with Crippen LogP contribution in [0.3, 0.4) is 0 Å². The van der Waals surface area contributed by atoms with E-state index in [1.807, 2.05) is 42.5 Å².